The zero-order valence-electron chi connectivity index (χ0n) is 15.2. The second-order valence-corrected chi connectivity index (χ2v) is 6.35. The lowest BCUT2D eigenvalue weighted by atomic mass is 10.1. The Bertz CT molecular complexity index is 706. The Labute approximate surface area is 149 Å². The molecule has 0 bridgehead atoms. The lowest BCUT2D eigenvalue weighted by Crippen LogP contribution is -2.34. The van der Waals surface area contributed by atoms with Crippen LogP contribution in [0.4, 0.5) is 5.69 Å². The Balaban J connectivity index is 1.86. The van der Waals surface area contributed by atoms with Crippen molar-refractivity contribution < 1.29 is 9.59 Å². The van der Waals surface area contributed by atoms with Gasteiger partial charge in [0.25, 0.3) is 0 Å². The number of nitrogens with zero attached hydrogens (tertiary/aromatic N) is 1. The summed E-state index contributed by atoms with van der Waals surface area (Å²) in [6.07, 6.45) is 1.10. The Kier molecular flexibility index (Phi) is 6.75. The quantitative estimate of drug-likeness (QED) is 0.841. The van der Waals surface area contributed by atoms with E-state index in [1.807, 2.05) is 56.3 Å². The van der Waals surface area contributed by atoms with Crippen LogP contribution in [0.15, 0.2) is 48.5 Å². The number of anilines is 1. The number of rotatable bonds is 7. The van der Waals surface area contributed by atoms with E-state index in [4.69, 9.17) is 0 Å². The molecule has 2 rings (SSSR count). The lowest BCUT2D eigenvalue weighted by molar-refractivity contribution is -0.121. The summed E-state index contributed by atoms with van der Waals surface area (Å²) in [6.45, 7) is 6.53. The van der Waals surface area contributed by atoms with E-state index in [2.05, 4.69) is 11.4 Å². The van der Waals surface area contributed by atoms with E-state index >= 15 is 0 Å². The van der Waals surface area contributed by atoms with Crippen LogP contribution in [0, 0.1) is 13.8 Å². The van der Waals surface area contributed by atoms with Gasteiger partial charge in [-0.3, -0.25) is 9.59 Å². The van der Waals surface area contributed by atoms with Gasteiger partial charge in [-0.1, -0.05) is 36.4 Å². The molecule has 25 heavy (non-hydrogen) atoms. The molecule has 1 N–H and O–H groups in total. The van der Waals surface area contributed by atoms with Gasteiger partial charge in [-0.05, 0) is 49.1 Å². The molecule has 0 saturated carbocycles. The average Bonchev–Trinajstić information content (AvgIpc) is 2.55. The molecule has 4 heteroatoms. The van der Waals surface area contributed by atoms with E-state index < -0.39 is 0 Å². The fourth-order valence-corrected chi connectivity index (χ4v) is 2.87. The SMILES string of the molecule is CC(=O)N(CCC(=O)NCCc1ccccc1)c1cc(C)cc(C)c1. The first kappa shape index (κ1) is 18.7. The van der Waals surface area contributed by atoms with E-state index in [1.54, 1.807) is 4.90 Å². The summed E-state index contributed by atoms with van der Waals surface area (Å²) < 4.78 is 0. The highest BCUT2D eigenvalue weighted by Gasteiger charge is 2.14. The number of hydrogen-bond donors (Lipinski definition) is 1. The van der Waals surface area contributed by atoms with Gasteiger partial charge in [0.1, 0.15) is 0 Å². The Morgan fingerprint density at radius 1 is 1.00 bits per heavy atom. The number of carbonyl (C=O) groups excluding carboxylic acids is 2. The first-order valence-electron chi connectivity index (χ1n) is 8.63. The monoisotopic (exact) mass is 338 g/mol. The zero-order valence-corrected chi connectivity index (χ0v) is 15.2. The van der Waals surface area contributed by atoms with Crippen LogP contribution in [0.3, 0.4) is 0 Å². The smallest absolute Gasteiger partial charge is 0.223 e. The van der Waals surface area contributed by atoms with Crippen molar-refractivity contribution in [2.24, 2.45) is 0 Å². The first-order chi connectivity index (χ1) is 12.0. The number of carbonyl (C=O) groups is 2. The fraction of sp³-hybridized carbons (Fsp3) is 0.333. The van der Waals surface area contributed by atoms with Crippen LogP contribution < -0.4 is 10.2 Å². The van der Waals surface area contributed by atoms with Gasteiger partial charge in [-0.2, -0.15) is 0 Å². The molecular formula is C21H26N2O2. The van der Waals surface area contributed by atoms with Crippen molar-refractivity contribution in [3.8, 4) is 0 Å². The van der Waals surface area contributed by atoms with E-state index in [-0.39, 0.29) is 11.8 Å². The molecule has 0 radical (unpaired) electrons. The second-order valence-electron chi connectivity index (χ2n) is 6.35. The molecule has 0 unspecified atom stereocenters. The van der Waals surface area contributed by atoms with Gasteiger partial charge in [0.05, 0.1) is 0 Å². The van der Waals surface area contributed by atoms with Crippen molar-refractivity contribution in [2.45, 2.75) is 33.6 Å². The van der Waals surface area contributed by atoms with E-state index in [9.17, 15) is 9.59 Å². The van der Waals surface area contributed by atoms with Crippen LogP contribution in [0.1, 0.15) is 30.0 Å². The first-order valence-corrected chi connectivity index (χ1v) is 8.63. The third-order valence-electron chi connectivity index (χ3n) is 4.04. The summed E-state index contributed by atoms with van der Waals surface area (Å²) in [7, 11) is 0. The molecule has 0 fully saturated rings. The number of amides is 2. The van der Waals surface area contributed by atoms with Crippen molar-refractivity contribution >= 4 is 17.5 Å². The Hall–Kier alpha value is -2.62. The number of benzene rings is 2. The van der Waals surface area contributed by atoms with Crippen molar-refractivity contribution in [2.75, 3.05) is 18.0 Å². The molecule has 0 aliphatic carbocycles. The van der Waals surface area contributed by atoms with Crippen LogP contribution in [-0.2, 0) is 16.0 Å². The number of hydrogen-bond acceptors (Lipinski definition) is 2. The predicted molar refractivity (Wildman–Crippen MR) is 102 cm³/mol. The van der Waals surface area contributed by atoms with Crippen LogP contribution in [-0.4, -0.2) is 24.9 Å². The average molecular weight is 338 g/mol. The summed E-state index contributed by atoms with van der Waals surface area (Å²) in [5.74, 6) is -0.0892. The van der Waals surface area contributed by atoms with Crippen molar-refractivity contribution in [1.29, 1.82) is 0 Å². The Morgan fingerprint density at radius 3 is 2.24 bits per heavy atom. The molecule has 0 spiro atoms. The molecule has 0 heterocycles. The molecule has 0 aliphatic heterocycles. The van der Waals surface area contributed by atoms with Gasteiger partial charge in [0.15, 0.2) is 0 Å². The minimum Gasteiger partial charge on any atom is -0.356 e. The molecule has 0 aromatic heterocycles. The van der Waals surface area contributed by atoms with E-state index in [1.165, 1.54) is 12.5 Å². The highest BCUT2D eigenvalue weighted by molar-refractivity contribution is 5.92. The van der Waals surface area contributed by atoms with Gasteiger partial charge in [-0.25, -0.2) is 0 Å². The van der Waals surface area contributed by atoms with E-state index in [0.717, 1.165) is 23.2 Å². The summed E-state index contributed by atoms with van der Waals surface area (Å²) in [5.41, 5.74) is 4.26. The van der Waals surface area contributed by atoms with Crippen LogP contribution in [0.25, 0.3) is 0 Å². The van der Waals surface area contributed by atoms with Crippen LogP contribution in [0.5, 0.6) is 0 Å². The maximum Gasteiger partial charge on any atom is 0.223 e. The third-order valence-corrected chi connectivity index (χ3v) is 4.04. The van der Waals surface area contributed by atoms with Gasteiger partial charge in [0.2, 0.25) is 11.8 Å². The summed E-state index contributed by atoms with van der Waals surface area (Å²) in [5, 5.41) is 2.92. The second kappa shape index (κ2) is 9.02. The number of nitrogens with one attached hydrogen (secondary N) is 1. The van der Waals surface area contributed by atoms with Crippen molar-refractivity contribution in [3.05, 3.63) is 65.2 Å². The molecule has 0 atom stereocenters. The van der Waals surface area contributed by atoms with Crippen molar-refractivity contribution in [3.63, 3.8) is 0 Å². The zero-order chi connectivity index (χ0) is 18.2. The molecular weight excluding hydrogens is 312 g/mol. The summed E-state index contributed by atoms with van der Waals surface area (Å²) in [4.78, 5) is 25.7. The van der Waals surface area contributed by atoms with Crippen LogP contribution >= 0.6 is 0 Å². The minimum absolute atomic E-state index is 0.0356. The maximum absolute atomic E-state index is 12.1. The molecule has 0 saturated heterocycles. The Morgan fingerprint density at radius 2 is 1.64 bits per heavy atom. The molecule has 0 aliphatic rings. The fourth-order valence-electron chi connectivity index (χ4n) is 2.87. The van der Waals surface area contributed by atoms with Gasteiger partial charge >= 0.3 is 0 Å². The van der Waals surface area contributed by atoms with Crippen LogP contribution in [0.2, 0.25) is 0 Å². The van der Waals surface area contributed by atoms with Gasteiger partial charge in [-0.15, -0.1) is 0 Å². The van der Waals surface area contributed by atoms with Gasteiger partial charge in [0, 0.05) is 32.1 Å². The molecule has 2 aromatic rings. The predicted octanol–water partition coefficient (Wildman–Crippen LogP) is 3.41. The summed E-state index contributed by atoms with van der Waals surface area (Å²) >= 11 is 0. The third kappa shape index (κ3) is 6.07. The van der Waals surface area contributed by atoms with Gasteiger partial charge < -0.3 is 10.2 Å². The van der Waals surface area contributed by atoms with Crippen molar-refractivity contribution in [1.82, 2.24) is 5.32 Å². The normalized spacial score (nSPS) is 10.4. The highest BCUT2D eigenvalue weighted by Crippen LogP contribution is 2.19. The maximum atomic E-state index is 12.1. The topological polar surface area (TPSA) is 49.4 Å². The summed E-state index contributed by atoms with van der Waals surface area (Å²) in [6, 6.07) is 16.1. The molecule has 4 nitrogen and oxygen atoms in total. The number of aryl methyl sites for hydroxylation is 2. The molecule has 2 aromatic carbocycles. The highest BCUT2D eigenvalue weighted by atomic mass is 16.2. The standard InChI is InChI=1S/C21H26N2O2/c1-16-13-17(2)15-20(14-16)23(18(3)24)12-10-21(25)22-11-9-19-7-5-4-6-8-19/h4-8,13-15H,9-12H2,1-3H3,(H,22,25). The molecule has 2 amide bonds. The largest absolute Gasteiger partial charge is 0.356 e. The lowest BCUT2D eigenvalue weighted by Gasteiger charge is -2.22. The molecule has 132 valence electrons. The minimum atomic E-state index is -0.0536. The van der Waals surface area contributed by atoms with E-state index in [0.29, 0.717) is 19.5 Å².